The number of likely N-dealkylation sites (tertiary alicyclic amines) is 4. The molecule has 4 heterocycles. The first kappa shape index (κ1) is 54.4. The molecule has 4 unspecified atom stereocenters. The highest BCUT2D eigenvalue weighted by Gasteiger charge is 2.53. The third-order valence-corrected chi connectivity index (χ3v) is 18.3. The molecule has 0 bridgehead atoms. The number of carbonyl (C=O) groups excluding carboxylic acids is 4. The smallest absolute Gasteiger partial charge is 0.233 e. The molecule has 0 spiro atoms. The van der Waals surface area contributed by atoms with Crippen LogP contribution in [0.25, 0.3) is 0 Å². The fourth-order valence-electron chi connectivity index (χ4n) is 12.3. The number of piperidine rings is 2. The Hall–Kier alpha value is -3.87. The van der Waals surface area contributed by atoms with E-state index in [4.69, 9.17) is 58.0 Å². The molecule has 72 heavy (non-hydrogen) atoms. The minimum absolute atomic E-state index is 0.0926. The Labute approximate surface area is 451 Å². The molecule has 4 fully saturated rings. The number of benzene rings is 4. The van der Waals surface area contributed by atoms with Crippen LogP contribution >= 0.6 is 58.0 Å². The predicted octanol–water partition coefficient (Wildman–Crippen LogP) is 11.3. The van der Waals surface area contributed by atoms with E-state index in [2.05, 4.69) is 50.8 Å². The lowest BCUT2D eigenvalue weighted by Crippen LogP contribution is -2.62. The van der Waals surface area contributed by atoms with Gasteiger partial charge in [-0.15, -0.1) is 0 Å². The van der Waals surface area contributed by atoms with Crippen molar-refractivity contribution in [2.24, 2.45) is 5.92 Å². The van der Waals surface area contributed by atoms with Gasteiger partial charge in [-0.25, -0.2) is 0 Å². The molecule has 10 nitrogen and oxygen atoms in total. The third-order valence-electron chi connectivity index (χ3n) is 16.5. The molecule has 8 rings (SSSR count). The molecule has 4 atom stereocenters. The van der Waals surface area contributed by atoms with Crippen molar-refractivity contribution < 1.29 is 19.2 Å². The van der Waals surface area contributed by atoms with E-state index in [0.717, 1.165) is 87.0 Å². The largest absolute Gasteiger partial charge is 0.341 e. The van der Waals surface area contributed by atoms with E-state index in [1.807, 2.05) is 81.4 Å². The molecule has 0 radical (unpaired) electrons. The second-order valence-electron chi connectivity index (χ2n) is 21.2. The highest BCUT2D eigenvalue weighted by Crippen LogP contribution is 2.47. The number of hydrogen-bond acceptors (Lipinski definition) is 6. The molecule has 4 aromatic rings. The van der Waals surface area contributed by atoms with Gasteiger partial charge in [-0.3, -0.25) is 24.1 Å². The van der Waals surface area contributed by atoms with E-state index in [1.54, 1.807) is 17.0 Å². The van der Waals surface area contributed by atoms with Crippen LogP contribution in [-0.2, 0) is 43.1 Å². The molecule has 0 N–H and O–H groups in total. The first-order valence-electron chi connectivity index (χ1n) is 25.6. The number of likely N-dealkylation sites (N-methyl/N-ethyl adjacent to an activating group) is 2. The molecule has 4 saturated heterocycles. The van der Waals surface area contributed by atoms with Gasteiger partial charge in [0.05, 0.1) is 30.9 Å². The lowest BCUT2D eigenvalue weighted by Gasteiger charge is -2.52. The Morgan fingerprint density at radius 2 is 1.15 bits per heavy atom. The zero-order valence-corrected chi connectivity index (χ0v) is 46.1. The average molecular weight is 1080 g/mol. The number of halogens is 5. The summed E-state index contributed by atoms with van der Waals surface area (Å²) < 4.78 is 0. The number of nitrogens with zero attached hydrogens (tertiary/aromatic N) is 6. The zero-order valence-electron chi connectivity index (χ0n) is 42.3. The Morgan fingerprint density at radius 1 is 0.625 bits per heavy atom. The van der Waals surface area contributed by atoms with Crippen molar-refractivity contribution in [3.63, 3.8) is 0 Å². The fraction of sp³-hybridized carbons (Fsp3) is 0.509. The highest BCUT2D eigenvalue weighted by atomic mass is 35.5. The van der Waals surface area contributed by atoms with Crippen LogP contribution in [0.15, 0.2) is 84.9 Å². The summed E-state index contributed by atoms with van der Waals surface area (Å²) in [5.74, 6) is -0.273. The molecule has 386 valence electrons. The van der Waals surface area contributed by atoms with Gasteiger partial charge < -0.3 is 24.5 Å². The summed E-state index contributed by atoms with van der Waals surface area (Å²) in [4.78, 5) is 71.0. The van der Waals surface area contributed by atoms with E-state index < -0.39 is 22.8 Å². The van der Waals surface area contributed by atoms with E-state index in [9.17, 15) is 9.59 Å². The second kappa shape index (κ2) is 23.3. The Bertz CT molecular complexity index is 2600. The molecule has 0 aromatic heterocycles. The number of aryl methyl sites for hydroxylation is 1. The van der Waals surface area contributed by atoms with Crippen LogP contribution in [0.3, 0.4) is 0 Å². The van der Waals surface area contributed by atoms with E-state index >= 15 is 9.59 Å². The topological polar surface area (TPSA) is 87.7 Å². The standard InChI is InChI=1S/C57H69Cl5N6O4/c1-38-14-16-39(17-15-38)35-63(4)55(72)57(3,42-19-21-48(60)50(62)33-42)45(37-65-28-22-43(23-29-65)67-26-8-12-52(67)69)51(66-30-24-44(25-31-66)68-27-9-13-53(68)70)34-56(2,41-18-20-47(59)49(61)32-41)54(71)64(5)36-40-10-6-7-11-46(40)58/h6-7,10-11,14-21,32-33,43-45,51H,8-9,12-13,22-31,34-37H2,1-5H3. The van der Waals surface area contributed by atoms with Crippen LogP contribution in [0.1, 0.15) is 99.5 Å². The summed E-state index contributed by atoms with van der Waals surface area (Å²) in [7, 11) is 3.68. The maximum atomic E-state index is 16.2. The first-order valence-corrected chi connectivity index (χ1v) is 27.5. The van der Waals surface area contributed by atoms with Gasteiger partial charge in [-0.2, -0.15) is 0 Å². The number of rotatable bonds is 17. The summed E-state index contributed by atoms with van der Waals surface area (Å²) in [5.41, 5.74) is 1.88. The van der Waals surface area contributed by atoms with Gasteiger partial charge in [0, 0.05) is 115 Å². The molecule has 4 aliphatic rings. The van der Waals surface area contributed by atoms with Crippen LogP contribution in [0, 0.1) is 12.8 Å². The van der Waals surface area contributed by atoms with Crippen molar-refractivity contribution in [2.75, 3.05) is 59.9 Å². The fourth-order valence-corrected chi connectivity index (χ4v) is 13.1. The summed E-state index contributed by atoms with van der Waals surface area (Å²) in [6, 6.07) is 26.7. The maximum Gasteiger partial charge on any atom is 0.233 e. The lowest BCUT2D eigenvalue weighted by molar-refractivity contribution is -0.142. The third kappa shape index (κ3) is 11.8. The van der Waals surface area contributed by atoms with Gasteiger partial charge >= 0.3 is 0 Å². The van der Waals surface area contributed by atoms with E-state index in [-0.39, 0.29) is 42.3 Å². The minimum Gasteiger partial charge on any atom is -0.341 e. The van der Waals surface area contributed by atoms with Crippen molar-refractivity contribution >= 4 is 81.6 Å². The van der Waals surface area contributed by atoms with Gasteiger partial charge in [0.1, 0.15) is 0 Å². The SMILES string of the molecule is Cc1ccc(CN(C)C(=O)C(C)(c2ccc(Cl)c(Cl)c2)C(CN2CCC(N3CCCC3=O)CC2)C(CC(C)(C(=O)N(C)Cc2ccccc2Cl)c2ccc(Cl)c(Cl)c2)N2CCC(N3CCCC3=O)CC2)cc1. The molecule has 15 heteroatoms. The number of carbonyl (C=O) groups is 4. The van der Waals surface area contributed by atoms with Crippen molar-refractivity contribution in [1.29, 1.82) is 0 Å². The summed E-state index contributed by atoms with van der Waals surface area (Å²) in [6.45, 7) is 11.5. The summed E-state index contributed by atoms with van der Waals surface area (Å²) in [5, 5.41) is 2.00. The molecule has 0 aliphatic carbocycles. The molecule has 0 saturated carbocycles. The first-order chi connectivity index (χ1) is 34.4. The Balaban J connectivity index is 1.29. The minimum atomic E-state index is -1.26. The Kier molecular flexibility index (Phi) is 17.6. The monoisotopic (exact) mass is 1080 g/mol. The maximum absolute atomic E-state index is 16.2. The molecular formula is C57H69Cl5N6O4. The predicted molar refractivity (Wildman–Crippen MR) is 291 cm³/mol. The van der Waals surface area contributed by atoms with Gasteiger partial charge in [0.15, 0.2) is 0 Å². The van der Waals surface area contributed by atoms with Crippen LogP contribution in [0.2, 0.25) is 25.1 Å². The van der Waals surface area contributed by atoms with Gasteiger partial charge in [-0.1, -0.05) is 118 Å². The van der Waals surface area contributed by atoms with E-state index in [1.165, 1.54) is 0 Å². The average Bonchev–Trinajstić information content (AvgIpc) is 4.02. The second-order valence-corrected chi connectivity index (χ2v) is 23.3. The number of hydrogen-bond donors (Lipinski definition) is 0. The molecule has 4 aliphatic heterocycles. The van der Waals surface area contributed by atoms with Crippen molar-refractivity contribution in [3.8, 4) is 0 Å². The molecule has 4 aromatic carbocycles. The van der Waals surface area contributed by atoms with Crippen LogP contribution in [0.4, 0.5) is 0 Å². The molecule has 4 amide bonds. The Morgan fingerprint density at radius 3 is 1.69 bits per heavy atom. The lowest BCUT2D eigenvalue weighted by atomic mass is 9.63. The van der Waals surface area contributed by atoms with Crippen LogP contribution in [-0.4, -0.2) is 131 Å². The van der Waals surface area contributed by atoms with Gasteiger partial charge in [-0.05, 0) is 118 Å². The van der Waals surface area contributed by atoms with Crippen molar-refractivity contribution in [1.82, 2.24) is 29.4 Å². The van der Waals surface area contributed by atoms with Gasteiger partial charge in [0.2, 0.25) is 23.6 Å². The normalized spacial score (nSPS) is 20.1. The number of amides is 4. The van der Waals surface area contributed by atoms with E-state index in [0.29, 0.717) is 76.1 Å². The quantitative estimate of drug-likeness (QED) is 0.105. The molecular weight excluding hydrogens is 1010 g/mol. The summed E-state index contributed by atoms with van der Waals surface area (Å²) in [6.07, 6.45) is 6.33. The van der Waals surface area contributed by atoms with Gasteiger partial charge in [0.25, 0.3) is 0 Å². The van der Waals surface area contributed by atoms with Crippen molar-refractivity contribution in [2.45, 2.75) is 121 Å². The van der Waals surface area contributed by atoms with Crippen molar-refractivity contribution in [3.05, 3.63) is 138 Å². The zero-order chi connectivity index (χ0) is 51.5. The van der Waals surface area contributed by atoms with Crippen LogP contribution in [0.5, 0.6) is 0 Å². The summed E-state index contributed by atoms with van der Waals surface area (Å²) >= 11 is 34.0. The van der Waals surface area contributed by atoms with Crippen LogP contribution < -0.4 is 0 Å². The highest BCUT2D eigenvalue weighted by molar-refractivity contribution is 6.42.